The van der Waals surface area contributed by atoms with E-state index in [0.717, 1.165) is 31.7 Å². The second kappa shape index (κ2) is 7.11. The monoisotopic (exact) mass is 364 g/mol. The third-order valence-electron chi connectivity index (χ3n) is 4.19. The fourth-order valence-electron chi connectivity index (χ4n) is 3.12. The van der Waals surface area contributed by atoms with Crippen molar-refractivity contribution < 1.29 is 13.2 Å². The van der Waals surface area contributed by atoms with E-state index in [1.54, 1.807) is 6.07 Å². The summed E-state index contributed by atoms with van der Waals surface area (Å²) in [6.07, 6.45) is 1.99. The summed E-state index contributed by atoms with van der Waals surface area (Å²) < 4.78 is 40.1. The fourth-order valence-corrected chi connectivity index (χ4v) is 3.48. The Labute approximate surface area is 131 Å². The zero-order valence-corrected chi connectivity index (χ0v) is 13.3. The second-order valence-corrected chi connectivity index (χ2v) is 6.60. The minimum absolute atomic E-state index is 0.235. The molecule has 0 bridgehead atoms. The molecule has 0 heterocycles. The predicted octanol–water partition coefficient (Wildman–Crippen LogP) is 4.94. The first kappa shape index (κ1) is 16.8. The Bertz CT molecular complexity index is 470. The molecular formula is C15H20BrF3N2. The minimum atomic E-state index is -4.37. The number of hydrazine groups is 1. The molecule has 1 aliphatic rings. The number of rotatable bonds is 4. The first-order valence-corrected chi connectivity index (χ1v) is 8.04. The summed E-state index contributed by atoms with van der Waals surface area (Å²) in [6, 6.07) is 3.81. The lowest BCUT2D eigenvalue weighted by molar-refractivity contribution is -0.138. The van der Waals surface area contributed by atoms with E-state index in [4.69, 9.17) is 5.84 Å². The Hall–Kier alpha value is -0.590. The van der Waals surface area contributed by atoms with Gasteiger partial charge in [0.15, 0.2) is 0 Å². The summed E-state index contributed by atoms with van der Waals surface area (Å²) >= 11 is 3.11. The van der Waals surface area contributed by atoms with Crippen LogP contribution in [0.5, 0.6) is 0 Å². The van der Waals surface area contributed by atoms with Crippen molar-refractivity contribution in [3.05, 3.63) is 33.8 Å². The molecule has 6 heteroatoms. The quantitative estimate of drug-likeness (QED) is 0.586. The van der Waals surface area contributed by atoms with Gasteiger partial charge in [-0.05, 0) is 30.0 Å². The largest absolute Gasteiger partial charge is 0.416 e. The molecule has 1 fully saturated rings. The first-order chi connectivity index (χ1) is 9.91. The van der Waals surface area contributed by atoms with Gasteiger partial charge in [-0.25, -0.2) is 0 Å². The molecule has 3 N–H and O–H groups in total. The molecule has 1 unspecified atom stereocenters. The molecule has 0 aromatic heterocycles. The lowest BCUT2D eigenvalue weighted by Crippen LogP contribution is -2.31. The van der Waals surface area contributed by atoms with Crippen molar-refractivity contribution >= 4 is 15.9 Å². The van der Waals surface area contributed by atoms with Crippen LogP contribution in [0.15, 0.2) is 22.7 Å². The van der Waals surface area contributed by atoms with Gasteiger partial charge in [0.05, 0.1) is 5.56 Å². The Morgan fingerprint density at radius 1 is 1.24 bits per heavy atom. The molecule has 0 radical (unpaired) electrons. The van der Waals surface area contributed by atoms with Gasteiger partial charge < -0.3 is 0 Å². The highest BCUT2D eigenvalue weighted by atomic mass is 79.9. The SMILES string of the molecule is NNC(CC1CCCCC1)c1ccc(Br)cc1C(F)(F)F. The number of hydrogen-bond donors (Lipinski definition) is 2. The van der Waals surface area contributed by atoms with E-state index in [-0.39, 0.29) is 5.56 Å². The second-order valence-electron chi connectivity index (χ2n) is 5.69. The molecular weight excluding hydrogens is 345 g/mol. The van der Waals surface area contributed by atoms with Crippen LogP contribution in [0.2, 0.25) is 0 Å². The van der Waals surface area contributed by atoms with Crippen molar-refractivity contribution in [2.75, 3.05) is 0 Å². The van der Waals surface area contributed by atoms with Crippen molar-refractivity contribution in [1.29, 1.82) is 0 Å². The molecule has 2 rings (SSSR count). The fraction of sp³-hybridized carbons (Fsp3) is 0.600. The summed E-state index contributed by atoms with van der Waals surface area (Å²) in [4.78, 5) is 0. The number of alkyl halides is 3. The van der Waals surface area contributed by atoms with Crippen LogP contribution in [0.25, 0.3) is 0 Å². The van der Waals surface area contributed by atoms with Gasteiger partial charge in [-0.2, -0.15) is 13.2 Å². The Morgan fingerprint density at radius 2 is 1.90 bits per heavy atom. The number of hydrogen-bond acceptors (Lipinski definition) is 2. The van der Waals surface area contributed by atoms with E-state index >= 15 is 0 Å². The van der Waals surface area contributed by atoms with E-state index in [1.807, 2.05) is 0 Å². The van der Waals surface area contributed by atoms with Crippen molar-refractivity contribution in [2.45, 2.75) is 50.7 Å². The van der Waals surface area contributed by atoms with Crippen molar-refractivity contribution in [3.8, 4) is 0 Å². The minimum Gasteiger partial charge on any atom is -0.271 e. The normalized spacial score (nSPS) is 18.7. The highest BCUT2D eigenvalue weighted by molar-refractivity contribution is 9.10. The standard InChI is InChI=1S/C15H20BrF3N2/c16-11-6-7-12(13(9-11)15(17,18)19)14(21-20)8-10-4-2-1-3-5-10/h6-7,9-10,14,21H,1-5,8,20H2. The van der Waals surface area contributed by atoms with Gasteiger partial charge in [-0.3, -0.25) is 11.3 Å². The molecule has 1 saturated carbocycles. The number of benzene rings is 1. The number of nitrogens with two attached hydrogens (primary N) is 1. The Morgan fingerprint density at radius 3 is 2.48 bits per heavy atom. The van der Waals surface area contributed by atoms with Crippen molar-refractivity contribution in [2.24, 2.45) is 11.8 Å². The van der Waals surface area contributed by atoms with E-state index < -0.39 is 17.8 Å². The highest BCUT2D eigenvalue weighted by Gasteiger charge is 2.35. The number of halogens is 4. The zero-order valence-electron chi connectivity index (χ0n) is 11.7. The van der Waals surface area contributed by atoms with Crippen LogP contribution in [-0.2, 0) is 6.18 Å². The third-order valence-corrected chi connectivity index (χ3v) is 4.68. The van der Waals surface area contributed by atoms with Crippen molar-refractivity contribution in [3.63, 3.8) is 0 Å². The third kappa shape index (κ3) is 4.44. The van der Waals surface area contributed by atoms with Gasteiger partial charge in [0.25, 0.3) is 0 Å². The molecule has 118 valence electrons. The van der Waals surface area contributed by atoms with Gasteiger partial charge in [-0.15, -0.1) is 0 Å². The molecule has 21 heavy (non-hydrogen) atoms. The van der Waals surface area contributed by atoms with Crippen LogP contribution in [0.4, 0.5) is 13.2 Å². The molecule has 1 aromatic rings. The number of nitrogens with one attached hydrogen (secondary N) is 1. The van der Waals surface area contributed by atoms with E-state index in [1.165, 1.54) is 12.5 Å². The summed E-state index contributed by atoms with van der Waals surface area (Å²) in [5.41, 5.74) is 2.20. The van der Waals surface area contributed by atoms with Crippen LogP contribution in [0.3, 0.4) is 0 Å². The molecule has 1 aromatic carbocycles. The zero-order chi connectivity index (χ0) is 15.5. The van der Waals surface area contributed by atoms with E-state index in [2.05, 4.69) is 21.4 Å². The van der Waals surface area contributed by atoms with Gasteiger partial charge in [0.2, 0.25) is 0 Å². The predicted molar refractivity (Wildman–Crippen MR) is 80.4 cm³/mol. The highest BCUT2D eigenvalue weighted by Crippen LogP contribution is 2.39. The molecule has 1 aliphatic carbocycles. The van der Waals surface area contributed by atoms with Gasteiger partial charge in [0, 0.05) is 10.5 Å². The maximum atomic E-state index is 13.2. The lowest BCUT2D eigenvalue weighted by atomic mass is 9.82. The summed E-state index contributed by atoms with van der Waals surface area (Å²) in [6.45, 7) is 0. The molecule has 0 aliphatic heterocycles. The van der Waals surface area contributed by atoms with E-state index in [0.29, 0.717) is 16.8 Å². The Kier molecular flexibility index (Phi) is 5.68. The summed E-state index contributed by atoms with van der Waals surface area (Å²) in [5.74, 6) is 5.99. The average molecular weight is 365 g/mol. The summed E-state index contributed by atoms with van der Waals surface area (Å²) in [5, 5.41) is 0. The van der Waals surface area contributed by atoms with Crippen LogP contribution < -0.4 is 11.3 Å². The van der Waals surface area contributed by atoms with E-state index in [9.17, 15) is 13.2 Å². The summed E-state index contributed by atoms with van der Waals surface area (Å²) in [7, 11) is 0. The van der Waals surface area contributed by atoms with Gasteiger partial charge >= 0.3 is 6.18 Å². The van der Waals surface area contributed by atoms with Crippen LogP contribution in [-0.4, -0.2) is 0 Å². The maximum Gasteiger partial charge on any atom is 0.416 e. The van der Waals surface area contributed by atoms with Crippen LogP contribution >= 0.6 is 15.9 Å². The van der Waals surface area contributed by atoms with Gasteiger partial charge in [0.1, 0.15) is 0 Å². The first-order valence-electron chi connectivity index (χ1n) is 7.24. The van der Waals surface area contributed by atoms with Crippen LogP contribution in [0.1, 0.15) is 55.7 Å². The van der Waals surface area contributed by atoms with Crippen LogP contribution in [0, 0.1) is 5.92 Å². The molecule has 0 saturated heterocycles. The topological polar surface area (TPSA) is 38.0 Å². The van der Waals surface area contributed by atoms with Crippen molar-refractivity contribution in [1.82, 2.24) is 5.43 Å². The smallest absolute Gasteiger partial charge is 0.271 e. The average Bonchev–Trinajstić information content (AvgIpc) is 2.45. The molecule has 2 nitrogen and oxygen atoms in total. The molecule has 1 atom stereocenters. The maximum absolute atomic E-state index is 13.2. The lowest BCUT2D eigenvalue weighted by Gasteiger charge is -2.28. The molecule has 0 spiro atoms. The van der Waals surface area contributed by atoms with Gasteiger partial charge in [-0.1, -0.05) is 54.1 Å². The molecule has 0 amide bonds. The Balaban J connectivity index is 2.24.